The molecule has 0 amide bonds. The van der Waals surface area contributed by atoms with E-state index in [4.69, 9.17) is 27.9 Å². The van der Waals surface area contributed by atoms with Crippen LogP contribution >= 0.6 is 55.1 Å². The van der Waals surface area contributed by atoms with Gasteiger partial charge in [-0.25, -0.2) is 9.97 Å². The van der Waals surface area contributed by atoms with Gasteiger partial charge < -0.3 is 9.84 Å². The summed E-state index contributed by atoms with van der Waals surface area (Å²) >= 11 is 17.8. The number of halogens is 4. The van der Waals surface area contributed by atoms with E-state index < -0.39 is 6.10 Å². The van der Waals surface area contributed by atoms with Crippen molar-refractivity contribution >= 4 is 55.1 Å². The van der Waals surface area contributed by atoms with Crippen LogP contribution in [0, 0.1) is 0 Å². The Morgan fingerprint density at radius 1 is 1.10 bits per heavy atom. The van der Waals surface area contributed by atoms with Crippen molar-refractivity contribution in [2.75, 3.05) is 7.11 Å². The lowest BCUT2D eigenvalue weighted by atomic mass is 10.2. The Balaban J connectivity index is 0.000000211. The SMILES string of the molecule is CC(O)c1cc(Br)cnc1Cl.COc1cc(Br)cnc1Cl. The number of aliphatic hydroxyl groups is 1. The molecule has 0 radical (unpaired) electrons. The van der Waals surface area contributed by atoms with Crippen LogP contribution in [0.4, 0.5) is 0 Å². The highest BCUT2D eigenvalue weighted by Gasteiger charge is 2.07. The molecule has 0 saturated carbocycles. The molecule has 4 nitrogen and oxygen atoms in total. The normalized spacial score (nSPS) is 11.4. The summed E-state index contributed by atoms with van der Waals surface area (Å²) in [5, 5.41) is 9.91. The molecule has 8 heteroatoms. The minimum absolute atomic E-state index is 0.350. The molecule has 0 aromatic carbocycles. The zero-order valence-electron chi connectivity index (χ0n) is 11.1. The van der Waals surface area contributed by atoms with Crippen LogP contribution < -0.4 is 4.74 Å². The van der Waals surface area contributed by atoms with Gasteiger partial charge in [-0.15, -0.1) is 0 Å². The molecule has 0 saturated heterocycles. The van der Waals surface area contributed by atoms with Gasteiger partial charge in [0.05, 0.1) is 13.2 Å². The van der Waals surface area contributed by atoms with E-state index in [1.807, 2.05) is 0 Å². The van der Waals surface area contributed by atoms with Crippen molar-refractivity contribution in [1.29, 1.82) is 0 Å². The van der Waals surface area contributed by atoms with Gasteiger partial charge in [0.1, 0.15) is 5.15 Å². The molecule has 21 heavy (non-hydrogen) atoms. The van der Waals surface area contributed by atoms with E-state index in [9.17, 15) is 5.11 Å². The monoisotopic (exact) mass is 456 g/mol. The minimum Gasteiger partial charge on any atom is -0.493 e. The van der Waals surface area contributed by atoms with Gasteiger partial charge in [-0.2, -0.15) is 0 Å². The summed E-state index contributed by atoms with van der Waals surface area (Å²) in [5.41, 5.74) is 0.640. The first-order valence-electron chi connectivity index (χ1n) is 5.69. The molecule has 0 bridgehead atoms. The molecule has 2 rings (SSSR count). The molecular formula is C13H12Br2Cl2N2O2. The summed E-state index contributed by atoms with van der Waals surface area (Å²) in [6.07, 6.45) is 2.63. The fourth-order valence-corrected chi connectivity index (χ4v) is 2.38. The molecular weight excluding hydrogens is 447 g/mol. The highest BCUT2D eigenvalue weighted by Crippen LogP contribution is 2.24. The van der Waals surface area contributed by atoms with Crippen molar-refractivity contribution in [2.24, 2.45) is 0 Å². The van der Waals surface area contributed by atoms with Crippen LogP contribution in [0.25, 0.3) is 0 Å². The molecule has 114 valence electrons. The fourth-order valence-electron chi connectivity index (χ4n) is 1.28. The van der Waals surface area contributed by atoms with Crippen LogP contribution in [-0.4, -0.2) is 22.2 Å². The largest absolute Gasteiger partial charge is 0.493 e. The third-order valence-corrected chi connectivity index (χ3v) is 3.74. The minimum atomic E-state index is -0.576. The van der Waals surface area contributed by atoms with E-state index in [2.05, 4.69) is 41.8 Å². The van der Waals surface area contributed by atoms with Crippen LogP contribution in [-0.2, 0) is 0 Å². The third kappa shape index (κ3) is 6.08. The maximum absolute atomic E-state index is 9.18. The maximum Gasteiger partial charge on any atom is 0.171 e. The van der Waals surface area contributed by atoms with Crippen molar-refractivity contribution in [2.45, 2.75) is 13.0 Å². The summed E-state index contributed by atoms with van der Waals surface area (Å²) < 4.78 is 6.57. The molecule has 1 N–H and O–H groups in total. The van der Waals surface area contributed by atoms with Gasteiger partial charge in [0.15, 0.2) is 10.9 Å². The number of nitrogens with zero attached hydrogens (tertiary/aromatic N) is 2. The Labute approximate surface area is 149 Å². The van der Waals surface area contributed by atoms with Crippen molar-refractivity contribution < 1.29 is 9.84 Å². The summed E-state index contributed by atoms with van der Waals surface area (Å²) in [7, 11) is 1.55. The molecule has 0 aliphatic carbocycles. The average Bonchev–Trinajstić information content (AvgIpc) is 2.44. The Morgan fingerprint density at radius 2 is 1.62 bits per heavy atom. The van der Waals surface area contributed by atoms with Crippen molar-refractivity contribution in [1.82, 2.24) is 9.97 Å². The van der Waals surface area contributed by atoms with Gasteiger partial charge in [-0.3, -0.25) is 0 Å². The van der Waals surface area contributed by atoms with Crippen LogP contribution in [0.2, 0.25) is 10.3 Å². The van der Waals surface area contributed by atoms with Gasteiger partial charge in [0.25, 0.3) is 0 Å². The third-order valence-electron chi connectivity index (χ3n) is 2.28. The number of pyridine rings is 2. The van der Waals surface area contributed by atoms with Gasteiger partial charge >= 0.3 is 0 Å². The predicted molar refractivity (Wildman–Crippen MR) is 91.1 cm³/mol. The Hall–Kier alpha value is -0.400. The first-order chi connectivity index (χ1) is 9.85. The maximum atomic E-state index is 9.18. The first-order valence-corrected chi connectivity index (χ1v) is 8.03. The number of hydrogen-bond donors (Lipinski definition) is 1. The summed E-state index contributed by atoms with van der Waals surface area (Å²) in [5.74, 6) is 0.580. The van der Waals surface area contributed by atoms with Gasteiger partial charge in [0, 0.05) is 26.9 Å². The summed E-state index contributed by atoms with van der Waals surface area (Å²) in [6.45, 7) is 1.65. The van der Waals surface area contributed by atoms with Gasteiger partial charge in [-0.1, -0.05) is 23.2 Å². The van der Waals surface area contributed by atoms with E-state index in [-0.39, 0.29) is 0 Å². The van der Waals surface area contributed by atoms with Crippen molar-refractivity contribution in [3.8, 4) is 5.75 Å². The lowest BCUT2D eigenvalue weighted by Crippen LogP contribution is -1.93. The van der Waals surface area contributed by atoms with E-state index in [1.165, 1.54) is 0 Å². The predicted octanol–water partition coefficient (Wildman–Crippen LogP) is 5.06. The van der Waals surface area contributed by atoms with E-state index >= 15 is 0 Å². The second-order valence-electron chi connectivity index (χ2n) is 3.86. The van der Waals surface area contributed by atoms with Crippen LogP contribution in [0.15, 0.2) is 33.5 Å². The molecule has 0 spiro atoms. The zero-order valence-corrected chi connectivity index (χ0v) is 15.8. The molecule has 1 atom stereocenters. The van der Waals surface area contributed by atoms with Crippen LogP contribution in [0.1, 0.15) is 18.6 Å². The lowest BCUT2D eigenvalue weighted by molar-refractivity contribution is 0.199. The Bertz CT molecular complexity index is 613. The molecule has 2 heterocycles. The second kappa shape index (κ2) is 8.90. The molecule has 0 aliphatic rings. The van der Waals surface area contributed by atoms with Crippen molar-refractivity contribution in [3.63, 3.8) is 0 Å². The smallest absolute Gasteiger partial charge is 0.171 e. The van der Waals surface area contributed by atoms with Crippen molar-refractivity contribution in [3.05, 3.63) is 49.3 Å². The highest BCUT2D eigenvalue weighted by atomic mass is 79.9. The quantitative estimate of drug-likeness (QED) is 0.639. The highest BCUT2D eigenvalue weighted by molar-refractivity contribution is 9.10. The van der Waals surface area contributed by atoms with E-state index in [1.54, 1.807) is 38.6 Å². The Kier molecular flexibility index (Phi) is 7.90. The topological polar surface area (TPSA) is 55.2 Å². The lowest BCUT2D eigenvalue weighted by Gasteiger charge is -2.05. The molecule has 0 aliphatic heterocycles. The van der Waals surface area contributed by atoms with Gasteiger partial charge in [-0.05, 0) is 50.9 Å². The number of methoxy groups -OCH3 is 1. The first kappa shape index (κ1) is 18.6. The van der Waals surface area contributed by atoms with Crippen LogP contribution in [0.5, 0.6) is 5.75 Å². The molecule has 2 aromatic rings. The summed E-state index contributed by atoms with van der Waals surface area (Å²) in [4.78, 5) is 7.70. The Morgan fingerprint density at radius 3 is 2.05 bits per heavy atom. The standard InChI is InChI=1S/C7H7BrClNO.C6H5BrClNO/c1-4(11)6-2-5(8)3-10-7(6)9;1-10-5-2-4(7)3-9-6(5)8/h2-4,11H,1H3;2-3H,1H3. The van der Waals surface area contributed by atoms with Gasteiger partial charge in [0.2, 0.25) is 0 Å². The number of aliphatic hydroxyl groups excluding tert-OH is 1. The van der Waals surface area contributed by atoms with E-state index in [0.717, 1.165) is 8.95 Å². The molecule has 2 aromatic heterocycles. The zero-order chi connectivity index (χ0) is 16.0. The fraction of sp³-hybridized carbons (Fsp3) is 0.231. The molecule has 1 unspecified atom stereocenters. The number of aromatic nitrogens is 2. The summed E-state index contributed by atoms with van der Waals surface area (Å²) in [6, 6.07) is 3.51. The van der Waals surface area contributed by atoms with E-state index in [0.29, 0.717) is 21.6 Å². The number of ether oxygens (including phenoxy) is 1. The number of hydrogen-bond acceptors (Lipinski definition) is 4. The number of rotatable bonds is 2. The van der Waals surface area contributed by atoms with Crippen LogP contribution in [0.3, 0.4) is 0 Å². The molecule has 0 fully saturated rings. The average molecular weight is 459 g/mol. The second-order valence-corrected chi connectivity index (χ2v) is 6.40.